The number of benzene rings is 1. The highest BCUT2D eigenvalue weighted by atomic mass is 15.3. The Morgan fingerprint density at radius 3 is 2.81 bits per heavy atom. The summed E-state index contributed by atoms with van der Waals surface area (Å²) in [5.41, 5.74) is 3.99. The van der Waals surface area contributed by atoms with Crippen molar-refractivity contribution >= 4 is 0 Å². The van der Waals surface area contributed by atoms with E-state index in [1.165, 1.54) is 29.8 Å². The molecule has 1 aromatic carbocycles. The van der Waals surface area contributed by atoms with Crippen molar-refractivity contribution in [3.05, 3.63) is 47.8 Å². The van der Waals surface area contributed by atoms with Gasteiger partial charge in [0.25, 0.3) is 0 Å². The van der Waals surface area contributed by atoms with Crippen LogP contribution in [0.4, 0.5) is 0 Å². The topological polar surface area (TPSA) is 17.8 Å². The first-order chi connectivity index (χ1) is 7.90. The molecule has 0 saturated heterocycles. The third kappa shape index (κ3) is 1.54. The SMILES string of the molecule is CCc1ccccc1-n1nccc1C1CC1. The van der Waals surface area contributed by atoms with Crippen LogP contribution in [-0.2, 0) is 6.42 Å². The lowest BCUT2D eigenvalue weighted by Crippen LogP contribution is -2.04. The minimum atomic E-state index is 0.743. The van der Waals surface area contributed by atoms with Gasteiger partial charge < -0.3 is 0 Å². The minimum Gasteiger partial charge on any atom is -0.237 e. The zero-order valence-corrected chi connectivity index (χ0v) is 9.56. The van der Waals surface area contributed by atoms with Gasteiger partial charge in [0.05, 0.1) is 5.69 Å². The number of aromatic nitrogens is 2. The highest BCUT2D eigenvalue weighted by molar-refractivity contribution is 5.42. The molecule has 1 fully saturated rings. The Balaban J connectivity index is 2.10. The summed E-state index contributed by atoms with van der Waals surface area (Å²) in [4.78, 5) is 0. The van der Waals surface area contributed by atoms with Crippen molar-refractivity contribution < 1.29 is 0 Å². The first kappa shape index (κ1) is 9.64. The highest BCUT2D eigenvalue weighted by Crippen LogP contribution is 2.40. The van der Waals surface area contributed by atoms with Crippen molar-refractivity contribution in [3.63, 3.8) is 0 Å². The Bertz CT molecular complexity index is 495. The largest absolute Gasteiger partial charge is 0.237 e. The number of hydrogen-bond acceptors (Lipinski definition) is 1. The molecule has 0 aliphatic heterocycles. The molecule has 3 rings (SSSR count). The van der Waals surface area contributed by atoms with Crippen LogP contribution in [-0.4, -0.2) is 9.78 Å². The van der Waals surface area contributed by atoms with Crippen molar-refractivity contribution in [2.75, 3.05) is 0 Å². The van der Waals surface area contributed by atoms with E-state index in [-0.39, 0.29) is 0 Å². The molecule has 16 heavy (non-hydrogen) atoms. The maximum atomic E-state index is 4.47. The van der Waals surface area contributed by atoms with Crippen LogP contribution in [0.1, 0.15) is 36.9 Å². The minimum absolute atomic E-state index is 0.743. The van der Waals surface area contributed by atoms with Gasteiger partial charge in [0.1, 0.15) is 0 Å². The smallest absolute Gasteiger partial charge is 0.0680 e. The standard InChI is InChI=1S/C14H16N2/c1-2-11-5-3-4-6-13(11)16-14(9-10-15-16)12-7-8-12/h3-6,9-10,12H,2,7-8H2,1H3. The van der Waals surface area contributed by atoms with E-state index in [2.05, 4.69) is 47.0 Å². The van der Waals surface area contributed by atoms with E-state index in [0.29, 0.717) is 0 Å². The molecule has 1 aromatic heterocycles. The van der Waals surface area contributed by atoms with E-state index in [4.69, 9.17) is 0 Å². The second-order valence-corrected chi connectivity index (χ2v) is 4.42. The Morgan fingerprint density at radius 2 is 2.06 bits per heavy atom. The third-order valence-corrected chi connectivity index (χ3v) is 3.27. The predicted octanol–water partition coefficient (Wildman–Crippen LogP) is 3.31. The molecule has 0 atom stereocenters. The average Bonchev–Trinajstić information content (AvgIpc) is 3.07. The van der Waals surface area contributed by atoms with E-state index in [1.807, 2.05) is 6.20 Å². The first-order valence-electron chi connectivity index (χ1n) is 6.02. The number of para-hydroxylation sites is 1. The molecule has 1 aliphatic carbocycles. The van der Waals surface area contributed by atoms with E-state index in [1.54, 1.807) is 0 Å². The molecule has 0 unspecified atom stereocenters. The fourth-order valence-electron chi connectivity index (χ4n) is 2.22. The maximum Gasteiger partial charge on any atom is 0.0680 e. The molecular weight excluding hydrogens is 196 g/mol. The van der Waals surface area contributed by atoms with Gasteiger partial charge in [0, 0.05) is 17.8 Å². The van der Waals surface area contributed by atoms with Crippen LogP contribution in [0.5, 0.6) is 0 Å². The number of hydrogen-bond donors (Lipinski definition) is 0. The van der Waals surface area contributed by atoms with Gasteiger partial charge >= 0.3 is 0 Å². The fraction of sp³-hybridized carbons (Fsp3) is 0.357. The summed E-state index contributed by atoms with van der Waals surface area (Å²) in [6, 6.07) is 10.7. The summed E-state index contributed by atoms with van der Waals surface area (Å²) in [5.74, 6) is 0.743. The van der Waals surface area contributed by atoms with Gasteiger partial charge in [0.15, 0.2) is 0 Å². The third-order valence-electron chi connectivity index (χ3n) is 3.27. The number of aryl methyl sites for hydroxylation is 1. The van der Waals surface area contributed by atoms with Gasteiger partial charge in [0.2, 0.25) is 0 Å². The van der Waals surface area contributed by atoms with Crippen LogP contribution in [0.25, 0.3) is 5.69 Å². The maximum absolute atomic E-state index is 4.47. The lowest BCUT2D eigenvalue weighted by Gasteiger charge is -2.10. The highest BCUT2D eigenvalue weighted by Gasteiger charge is 2.27. The first-order valence-corrected chi connectivity index (χ1v) is 6.02. The molecule has 0 bridgehead atoms. The Labute approximate surface area is 95.9 Å². The molecule has 1 heterocycles. The summed E-state index contributed by atoms with van der Waals surface area (Å²) < 4.78 is 2.12. The molecular formula is C14H16N2. The molecule has 2 heteroatoms. The van der Waals surface area contributed by atoms with Crippen molar-refractivity contribution in [2.24, 2.45) is 0 Å². The van der Waals surface area contributed by atoms with E-state index >= 15 is 0 Å². The lowest BCUT2D eigenvalue weighted by molar-refractivity contribution is 0.797. The van der Waals surface area contributed by atoms with Crippen LogP contribution >= 0.6 is 0 Å². The zero-order valence-electron chi connectivity index (χ0n) is 9.56. The summed E-state index contributed by atoms with van der Waals surface area (Å²) in [7, 11) is 0. The Hall–Kier alpha value is -1.57. The molecule has 2 aromatic rings. The number of nitrogens with zero attached hydrogens (tertiary/aromatic N) is 2. The van der Waals surface area contributed by atoms with Crippen molar-refractivity contribution in [1.82, 2.24) is 9.78 Å². The second-order valence-electron chi connectivity index (χ2n) is 4.42. The van der Waals surface area contributed by atoms with Crippen LogP contribution in [0, 0.1) is 0 Å². The molecule has 0 spiro atoms. The van der Waals surface area contributed by atoms with Gasteiger partial charge in [-0.1, -0.05) is 25.1 Å². The molecule has 0 amide bonds. The summed E-state index contributed by atoms with van der Waals surface area (Å²) >= 11 is 0. The van der Waals surface area contributed by atoms with Crippen LogP contribution in [0.15, 0.2) is 36.5 Å². The molecule has 0 radical (unpaired) electrons. The number of rotatable bonds is 3. The summed E-state index contributed by atoms with van der Waals surface area (Å²) in [6.45, 7) is 2.19. The van der Waals surface area contributed by atoms with E-state index in [9.17, 15) is 0 Å². The van der Waals surface area contributed by atoms with Gasteiger partial charge in [-0.25, -0.2) is 4.68 Å². The quantitative estimate of drug-likeness (QED) is 0.763. The fourth-order valence-corrected chi connectivity index (χ4v) is 2.22. The lowest BCUT2D eigenvalue weighted by atomic mass is 10.1. The van der Waals surface area contributed by atoms with Crippen LogP contribution < -0.4 is 0 Å². The molecule has 0 N–H and O–H groups in total. The van der Waals surface area contributed by atoms with Crippen molar-refractivity contribution in [1.29, 1.82) is 0 Å². The van der Waals surface area contributed by atoms with Gasteiger partial charge in [-0.2, -0.15) is 5.10 Å². The summed E-state index contributed by atoms with van der Waals surface area (Å²) in [5, 5.41) is 4.47. The van der Waals surface area contributed by atoms with E-state index < -0.39 is 0 Å². The monoisotopic (exact) mass is 212 g/mol. The van der Waals surface area contributed by atoms with E-state index in [0.717, 1.165) is 12.3 Å². The van der Waals surface area contributed by atoms with Gasteiger partial charge in [-0.3, -0.25) is 0 Å². The zero-order chi connectivity index (χ0) is 11.0. The Kier molecular flexibility index (Phi) is 2.28. The van der Waals surface area contributed by atoms with Crippen molar-refractivity contribution in [3.8, 4) is 5.69 Å². The Morgan fingerprint density at radius 1 is 1.25 bits per heavy atom. The van der Waals surface area contributed by atoms with Gasteiger partial charge in [-0.05, 0) is 37.0 Å². The second kappa shape index (κ2) is 3.78. The van der Waals surface area contributed by atoms with Crippen LogP contribution in [0.2, 0.25) is 0 Å². The molecule has 2 nitrogen and oxygen atoms in total. The molecule has 82 valence electrons. The average molecular weight is 212 g/mol. The van der Waals surface area contributed by atoms with Crippen LogP contribution in [0.3, 0.4) is 0 Å². The van der Waals surface area contributed by atoms with Crippen molar-refractivity contribution in [2.45, 2.75) is 32.1 Å². The normalized spacial score (nSPS) is 15.3. The van der Waals surface area contributed by atoms with Gasteiger partial charge in [-0.15, -0.1) is 0 Å². The summed E-state index contributed by atoms with van der Waals surface area (Å²) in [6.07, 6.45) is 5.61. The molecule has 1 saturated carbocycles. The predicted molar refractivity (Wildman–Crippen MR) is 64.9 cm³/mol. The molecule has 1 aliphatic rings.